The Balaban J connectivity index is 1.38. The molecule has 0 radical (unpaired) electrons. The second kappa shape index (κ2) is 9.71. The molecule has 1 aliphatic heterocycles. The number of benzene rings is 2. The molecule has 3 rings (SSSR count). The molecule has 0 N–H and O–H groups in total. The molecule has 0 bridgehead atoms. The molecule has 1 fully saturated rings. The van der Waals surface area contributed by atoms with E-state index in [0.717, 1.165) is 24.5 Å². The summed E-state index contributed by atoms with van der Waals surface area (Å²) in [6.07, 6.45) is -0.104. The monoisotopic (exact) mass is 375 g/mol. The summed E-state index contributed by atoms with van der Waals surface area (Å²) in [7, 11) is 0. The normalized spacial score (nSPS) is 17.8. The number of carbonyl (C=O) groups excluding carboxylic acids is 1. The number of morpholine rings is 1. The molecule has 6 heteroatoms. The van der Waals surface area contributed by atoms with Gasteiger partial charge in [0.1, 0.15) is 18.5 Å². The maximum absolute atomic E-state index is 12.9. The third-order valence-electron chi connectivity index (χ3n) is 4.07. The van der Waals surface area contributed by atoms with Crippen LogP contribution in [0.3, 0.4) is 0 Å². The van der Waals surface area contributed by atoms with E-state index >= 15 is 0 Å². The molecule has 0 aromatic heterocycles. The summed E-state index contributed by atoms with van der Waals surface area (Å²) >= 11 is 1.33. The van der Waals surface area contributed by atoms with Gasteiger partial charge in [-0.1, -0.05) is 30.3 Å². The van der Waals surface area contributed by atoms with E-state index in [2.05, 4.69) is 17.0 Å². The van der Waals surface area contributed by atoms with Crippen LogP contribution in [0.2, 0.25) is 0 Å². The summed E-state index contributed by atoms with van der Waals surface area (Å²) in [6, 6.07) is 16.4. The predicted molar refractivity (Wildman–Crippen MR) is 99.5 cm³/mol. The fraction of sp³-hybridized carbons (Fsp3) is 0.350. The predicted octanol–water partition coefficient (Wildman–Crippen LogP) is 3.36. The zero-order valence-corrected chi connectivity index (χ0v) is 15.3. The lowest BCUT2D eigenvalue weighted by Gasteiger charge is -2.32. The Morgan fingerprint density at radius 2 is 1.96 bits per heavy atom. The van der Waals surface area contributed by atoms with Crippen molar-refractivity contribution >= 4 is 17.7 Å². The van der Waals surface area contributed by atoms with Crippen LogP contribution in [0.15, 0.2) is 59.5 Å². The highest BCUT2D eigenvalue weighted by Crippen LogP contribution is 2.18. The Kier molecular flexibility index (Phi) is 7.05. The maximum atomic E-state index is 12.9. The second-order valence-corrected chi connectivity index (χ2v) is 7.19. The van der Waals surface area contributed by atoms with E-state index in [4.69, 9.17) is 9.47 Å². The molecule has 2 aromatic carbocycles. The highest BCUT2D eigenvalue weighted by atomic mass is 32.2. The molecule has 1 saturated heterocycles. The van der Waals surface area contributed by atoms with Crippen LogP contribution in [0, 0.1) is 5.82 Å². The first-order chi connectivity index (χ1) is 12.7. The zero-order valence-electron chi connectivity index (χ0n) is 14.5. The summed E-state index contributed by atoms with van der Waals surface area (Å²) in [5, 5.41) is 0. The van der Waals surface area contributed by atoms with E-state index in [1.165, 1.54) is 29.5 Å². The molecule has 1 heterocycles. The van der Waals surface area contributed by atoms with Gasteiger partial charge in [0.25, 0.3) is 0 Å². The third-order valence-corrected chi connectivity index (χ3v) is 5.06. The zero-order chi connectivity index (χ0) is 18.2. The Morgan fingerprint density at radius 1 is 1.19 bits per heavy atom. The van der Waals surface area contributed by atoms with Gasteiger partial charge in [0.2, 0.25) is 0 Å². The summed E-state index contributed by atoms with van der Waals surface area (Å²) in [6.45, 7) is 3.38. The van der Waals surface area contributed by atoms with Gasteiger partial charge in [-0.05, 0) is 29.8 Å². The van der Waals surface area contributed by atoms with E-state index in [0.29, 0.717) is 6.61 Å². The minimum Gasteiger partial charge on any atom is -0.462 e. The van der Waals surface area contributed by atoms with E-state index in [1.54, 1.807) is 12.1 Å². The van der Waals surface area contributed by atoms with Crippen LogP contribution in [0.5, 0.6) is 0 Å². The summed E-state index contributed by atoms with van der Waals surface area (Å²) in [5.41, 5.74) is 1.26. The summed E-state index contributed by atoms with van der Waals surface area (Å²) in [4.78, 5) is 15.1. The molecule has 1 aliphatic rings. The number of halogens is 1. The highest BCUT2D eigenvalue weighted by molar-refractivity contribution is 8.00. The van der Waals surface area contributed by atoms with Gasteiger partial charge in [-0.3, -0.25) is 9.69 Å². The van der Waals surface area contributed by atoms with Crippen molar-refractivity contribution in [3.8, 4) is 0 Å². The molecule has 0 amide bonds. The average molecular weight is 375 g/mol. The van der Waals surface area contributed by atoms with Crippen molar-refractivity contribution in [2.75, 3.05) is 32.1 Å². The van der Waals surface area contributed by atoms with Crippen molar-refractivity contribution < 1.29 is 18.7 Å². The van der Waals surface area contributed by atoms with Crippen molar-refractivity contribution in [2.24, 2.45) is 0 Å². The minimum absolute atomic E-state index is 0.104. The Hall–Kier alpha value is -1.89. The third kappa shape index (κ3) is 6.12. The molecular weight excluding hydrogens is 353 g/mol. The van der Waals surface area contributed by atoms with Gasteiger partial charge in [0, 0.05) is 24.5 Å². The lowest BCUT2D eigenvalue weighted by atomic mass is 10.2. The van der Waals surface area contributed by atoms with Crippen LogP contribution in [-0.4, -0.2) is 49.0 Å². The van der Waals surface area contributed by atoms with E-state index < -0.39 is 0 Å². The fourth-order valence-electron chi connectivity index (χ4n) is 2.77. The first-order valence-electron chi connectivity index (χ1n) is 8.61. The van der Waals surface area contributed by atoms with Crippen LogP contribution in [0.1, 0.15) is 5.56 Å². The molecule has 1 atom stereocenters. The fourth-order valence-corrected chi connectivity index (χ4v) is 3.46. The van der Waals surface area contributed by atoms with Crippen molar-refractivity contribution in [3.63, 3.8) is 0 Å². The Bertz CT molecular complexity index is 696. The SMILES string of the molecule is O=C(CSc1ccc(F)cc1)OCC1CN(Cc2ccccc2)CCO1. The van der Waals surface area contributed by atoms with Gasteiger partial charge in [0.15, 0.2) is 0 Å². The van der Waals surface area contributed by atoms with Crippen LogP contribution < -0.4 is 0 Å². The van der Waals surface area contributed by atoms with Gasteiger partial charge in [-0.15, -0.1) is 11.8 Å². The lowest BCUT2D eigenvalue weighted by Crippen LogP contribution is -2.44. The van der Waals surface area contributed by atoms with E-state index in [-0.39, 0.29) is 30.3 Å². The van der Waals surface area contributed by atoms with Crippen LogP contribution >= 0.6 is 11.8 Å². The number of nitrogens with zero attached hydrogens (tertiary/aromatic N) is 1. The molecule has 1 unspecified atom stereocenters. The largest absolute Gasteiger partial charge is 0.462 e. The standard InChI is InChI=1S/C20H22FNO3S/c21-17-6-8-19(9-7-17)26-15-20(23)25-14-18-13-22(10-11-24-18)12-16-4-2-1-3-5-16/h1-9,18H,10-15H2. The Morgan fingerprint density at radius 3 is 2.73 bits per heavy atom. The van der Waals surface area contributed by atoms with Crippen LogP contribution in [0.25, 0.3) is 0 Å². The number of esters is 1. The maximum Gasteiger partial charge on any atom is 0.316 e. The van der Waals surface area contributed by atoms with Crippen molar-refractivity contribution in [2.45, 2.75) is 17.5 Å². The smallest absolute Gasteiger partial charge is 0.316 e. The number of hydrogen-bond donors (Lipinski definition) is 0. The molecule has 2 aromatic rings. The summed E-state index contributed by atoms with van der Waals surface area (Å²) in [5.74, 6) is -0.374. The molecule has 0 aliphatic carbocycles. The van der Waals surface area contributed by atoms with Gasteiger partial charge in [-0.25, -0.2) is 4.39 Å². The number of carbonyl (C=O) groups is 1. The van der Waals surface area contributed by atoms with Gasteiger partial charge in [-0.2, -0.15) is 0 Å². The molecule has 0 spiro atoms. The van der Waals surface area contributed by atoms with Gasteiger partial charge < -0.3 is 9.47 Å². The number of thioether (sulfide) groups is 1. The Labute approximate surface area is 157 Å². The van der Waals surface area contributed by atoms with E-state index in [1.807, 2.05) is 18.2 Å². The van der Waals surface area contributed by atoms with Gasteiger partial charge >= 0.3 is 5.97 Å². The molecular formula is C20H22FNO3S. The van der Waals surface area contributed by atoms with Gasteiger partial charge in [0.05, 0.1) is 12.4 Å². The topological polar surface area (TPSA) is 38.8 Å². The van der Waals surface area contributed by atoms with Crippen molar-refractivity contribution in [1.82, 2.24) is 4.90 Å². The average Bonchev–Trinajstić information content (AvgIpc) is 2.67. The number of ether oxygens (including phenoxy) is 2. The van der Waals surface area contributed by atoms with Crippen LogP contribution in [0.4, 0.5) is 4.39 Å². The van der Waals surface area contributed by atoms with Crippen LogP contribution in [-0.2, 0) is 20.8 Å². The van der Waals surface area contributed by atoms with E-state index in [9.17, 15) is 9.18 Å². The number of rotatable bonds is 7. The quantitative estimate of drug-likeness (QED) is 0.548. The first-order valence-corrected chi connectivity index (χ1v) is 9.59. The second-order valence-electron chi connectivity index (χ2n) is 6.14. The molecule has 26 heavy (non-hydrogen) atoms. The molecule has 4 nitrogen and oxygen atoms in total. The lowest BCUT2D eigenvalue weighted by molar-refractivity contribution is -0.147. The molecule has 138 valence electrons. The molecule has 0 saturated carbocycles. The van der Waals surface area contributed by atoms with Crippen molar-refractivity contribution in [1.29, 1.82) is 0 Å². The number of hydrogen-bond acceptors (Lipinski definition) is 5. The first kappa shape index (κ1) is 18.9. The highest BCUT2D eigenvalue weighted by Gasteiger charge is 2.22. The minimum atomic E-state index is -0.289. The summed E-state index contributed by atoms with van der Waals surface area (Å²) < 4.78 is 23.9. The van der Waals surface area contributed by atoms with Crippen molar-refractivity contribution in [3.05, 3.63) is 66.0 Å².